The Morgan fingerprint density at radius 2 is 2.28 bits per heavy atom. The number of aryl methyl sites for hydroxylation is 2. The van der Waals surface area contributed by atoms with E-state index in [0.29, 0.717) is 5.88 Å². The van der Waals surface area contributed by atoms with Gasteiger partial charge in [0.1, 0.15) is 5.82 Å². The minimum atomic E-state index is 0.630. The Kier molecular flexibility index (Phi) is 4.17. The summed E-state index contributed by atoms with van der Waals surface area (Å²) in [6.07, 6.45) is 3.94. The summed E-state index contributed by atoms with van der Waals surface area (Å²) in [5, 5.41) is 10.2. The van der Waals surface area contributed by atoms with Gasteiger partial charge in [0.25, 0.3) is 0 Å². The Morgan fingerprint density at radius 1 is 1.39 bits per heavy atom. The van der Waals surface area contributed by atoms with E-state index in [0.717, 1.165) is 30.9 Å². The van der Waals surface area contributed by atoms with Crippen LogP contribution >= 0.6 is 0 Å². The number of pyridine rings is 1. The fourth-order valence-electron chi connectivity index (χ4n) is 1.75. The molecule has 0 spiro atoms. The standard InChI is InChI=1S/C13H18N4O/c1-10-11(9-15-17-10)5-4-8-14-12-6-3-7-13(16-12)18-2/h3,6-7,9H,4-5,8H2,1-2H3,(H,14,16)(H,15,17). The van der Waals surface area contributed by atoms with Crippen LogP contribution in [0, 0.1) is 6.92 Å². The van der Waals surface area contributed by atoms with Gasteiger partial charge in [-0.25, -0.2) is 0 Å². The molecule has 2 heterocycles. The molecule has 0 aliphatic rings. The molecule has 2 N–H and O–H groups in total. The number of aromatic nitrogens is 3. The lowest BCUT2D eigenvalue weighted by Crippen LogP contribution is -2.05. The SMILES string of the molecule is COc1cccc(NCCCc2cn[nH]c2C)n1. The number of anilines is 1. The number of H-pyrrole nitrogens is 1. The van der Waals surface area contributed by atoms with Crippen molar-refractivity contribution in [1.29, 1.82) is 0 Å². The molecule has 2 aromatic rings. The third-order valence-corrected chi connectivity index (χ3v) is 2.80. The lowest BCUT2D eigenvalue weighted by molar-refractivity contribution is 0.398. The van der Waals surface area contributed by atoms with Gasteiger partial charge in [-0.05, 0) is 31.4 Å². The number of aromatic amines is 1. The van der Waals surface area contributed by atoms with Gasteiger partial charge in [0.05, 0.1) is 13.3 Å². The highest BCUT2D eigenvalue weighted by molar-refractivity contribution is 5.36. The van der Waals surface area contributed by atoms with Crippen LogP contribution in [0.4, 0.5) is 5.82 Å². The number of hydrogen-bond acceptors (Lipinski definition) is 4. The van der Waals surface area contributed by atoms with Crippen molar-refractivity contribution in [3.63, 3.8) is 0 Å². The van der Waals surface area contributed by atoms with Crippen molar-refractivity contribution in [1.82, 2.24) is 15.2 Å². The van der Waals surface area contributed by atoms with Gasteiger partial charge in [0, 0.05) is 18.3 Å². The van der Waals surface area contributed by atoms with Gasteiger partial charge in [-0.3, -0.25) is 5.10 Å². The monoisotopic (exact) mass is 246 g/mol. The molecule has 0 aliphatic heterocycles. The second-order valence-electron chi connectivity index (χ2n) is 4.12. The topological polar surface area (TPSA) is 62.8 Å². The summed E-state index contributed by atoms with van der Waals surface area (Å²) < 4.78 is 5.07. The first kappa shape index (κ1) is 12.4. The number of hydrogen-bond donors (Lipinski definition) is 2. The summed E-state index contributed by atoms with van der Waals surface area (Å²) >= 11 is 0. The molecule has 0 aliphatic carbocycles. The van der Waals surface area contributed by atoms with E-state index in [1.165, 1.54) is 5.56 Å². The Balaban J connectivity index is 1.76. The van der Waals surface area contributed by atoms with E-state index in [4.69, 9.17) is 4.74 Å². The highest BCUT2D eigenvalue weighted by atomic mass is 16.5. The zero-order valence-corrected chi connectivity index (χ0v) is 10.7. The molecule has 5 heteroatoms. The molecule has 0 aromatic carbocycles. The van der Waals surface area contributed by atoms with Crippen LogP contribution in [-0.4, -0.2) is 28.8 Å². The first-order valence-electron chi connectivity index (χ1n) is 6.03. The highest BCUT2D eigenvalue weighted by Crippen LogP contribution is 2.11. The summed E-state index contributed by atoms with van der Waals surface area (Å²) in [4.78, 5) is 4.29. The maximum atomic E-state index is 5.07. The molecule has 0 fully saturated rings. The fraction of sp³-hybridized carbons (Fsp3) is 0.385. The Bertz CT molecular complexity index is 495. The van der Waals surface area contributed by atoms with Gasteiger partial charge < -0.3 is 10.1 Å². The molecular weight excluding hydrogens is 228 g/mol. The molecule has 0 saturated heterocycles. The van der Waals surface area contributed by atoms with Gasteiger partial charge in [0.15, 0.2) is 0 Å². The molecule has 0 atom stereocenters. The van der Waals surface area contributed by atoms with E-state index in [9.17, 15) is 0 Å². The second kappa shape index (κ2) is 6.05. The van der Waals surface area contributed by atoms with Crippen molar-refractivity contribution in [2.45, 2.75) is 19.8 Å². The fourth-order valence-corrected chi connectivity index (χ4v) is 1.75. The Morgan fingerprint density at radius 3 is 3.00 bits per heavy atom. The summed E-state index contributed by atoms with van der Waals surface area (Å²) in [5.41, 5.74) is 2.42. The lowest BCUT2D eigenvalue weighted by atomic mass is 10.1. The summed E-state index contributed by atoms with van der Waals surface area (Å²) in [6.45, 7) is 2.92. The van der Waals surface area contributed by atoms with Crippen LogP contribution in [0.5, 0.6) is 5.88 Å². The largest absolute Gasteiger partial charge is 0.481 e. The molecule has 0 amide bonds. The number of rotatable bonds is 6. The number of nitrogens with zero attached hydrogens (tertiary/aromatic N) is 2. The van der Waals surface area contributed by atoms with Crippen molar-refractivity contribution >= 4 is 5.82 Å². The minimum absolute atomic E-state index is 0.630. The van der Waals surface area contributed by atoms with Crippen molar-refractivity contribution in [2.24, 2.45) is 0 Å². The van der Waals surface area contributed by atoms with Crippen molar-refractivity contribution in [3.8, 4) is 5.88 Å². The van der Waals surface area contributed by atoms with Crippen molar-refractivity contribution < 1.29 is 4.74 Å². The first-order chi connectivity index (χ1) is 8.79. The van der Waals surface area contributed by atoms with E-state index < -0.39 is 0 Å². The van der Waals surface area contributed by atoms with Gasteiger partial charge in [0.2, 0.25) is 5.88 Å². The Labute approximate surface area is 107 Å². The van der Waals surface area contributed by atoms with E-state index in [-0.39, 0.29) is 0 Å². The number of ether oxygens (including phenoxy) is 1. The summed E-state index contributed by atoms with van der Waals surface area (Å²) in [5.74, 6) is 1.48. The molecule has 2 aromatic heterocycles. The van der Waals surface area contributed by atoms with Crippen LogP contribution < -0.4 is 10.1 Å². The number of nitrogens with one attached hydrogen (secondary N) is 2. The van der Waals surface area contributed by atoms with Gasteiger partial charge in [-0.1, -0.05) is 6.07 Å². The van der Waals surface area contributed by atoms with Gasteiger partial charge in [-0.2, -0.15) is 10.1 Å². The van der Waals surface area contributed by atoms with Crippen LogP contribution in [0.25, 0.3) is 0 Å². The summed E-state index contributed by atoms with van der Waals surface area (Å²) in [7, 11) is 1.62. The first-order valence-corrected chi connectivity index (χ1v) is 6.03. The average molecular weight is 246 g/mol. The van der Waals surface area contributed by atoms with Crippen LogP contribution in [0.3, 0.4) is 0 Å². The average Bonchev–Trinajstić information content (AvgIpc) is 2.81. The highest BCUT2D eigenvalue weighted by Gasteiger charge is 2.00. The van der Waals surface area contributed by atoms with Crippen LogP contribution in [0.1, 0.15) is 17.7 Å². The van der Waals surface area contributed by atoms with Crippen LogP contribution in [0.15, 0.2) is 24.4 Å². The molecule has 2 rings (SSSR count). The maximum Gasteiger partial charge on any atom is 0.214 e. The van der Waals surface area contributed by atoms with Crippen molar-refractivity contribution in [3.05, 3.63) is 35.7 Å². The third kappa shape index (κ3) is 3.23. The molecular formula is C13H18N4O. The van der Waals surface area contributed by atoms with E-state index in [1.807, 2.05) is 31.3 Å². The molecule has 0 unspecified atom stereocenters. The van der Waals surface area contributed by atoms with E-state index >= 15 is 0 Å². The maximum absolute atomic E-state index is 5.07. The molecule has 0 bridgehead atoms. The van der Waals surface area contributed by atoms with E-state index in [1.54, 1.807) is 7.11 Å². The predicted molar refractivity (Wildman–Crippen MR) is 70.9 cm³/mol. The normalized spacial score (nSPS) is 10.3. The molecule has 5 nitrogen and oxygen atoms in total. The third-order valence-electron chi connectivity index (χ3n) is 2.80. The Hall–Kier alpha value is -2.04. The van der Waals surface area contributed by atoms with Crippen LogP contribution in [-0.2, 0) is 6.42 Å². The van der Waals surface area contributed by atoms with Gasteiger partial charge >= 0.3 is 0 Å². The predicted octanol–water partition coefficient (Wildman–Crippen LogP) is 2.17. The van der Waals surface area contributed by atoms with Gasteiger partial charge in [-0.15, -0.1) is 0 Å². The number of methoxy groups -OCH3 is 1. The van der Waals surface area contributed by atoms with Crippen molar-refractivity contribution in [2.75, 3.05) is 19.0 Å². The second-order valence-corrected chi connectivity index (χ2v) is 4.12. The zero-order chi connectivity index (χ0) is 12.8. The molecule has 0 radical (unpaired) electrons. The molecule has 18 heavy (non-hydrogen) atoms. The smallest absolute Gasteiger partial charge is 0.214 e. The minimum Gasteiger partial charge on any atom is -0.481 e. The zero-order valence-electron chi connectivity index (χ0n) is 10.7. The molecule has 96 valence electrons. The van der Waals surface area contributed by atoms with Crippen LogP contribution in [0.2, 0.25) is 0 Å². The summed E-state index contributed by atoms with van der Waals surface area (Å²) in [6, 6.07) is 5.69. The van der Waals surface area contributed by atoms with E-state index in [2.05, 4.69) is 20.5 Å². The molecule has 0 saturated carbocycles. The lowest BCUT2D eigenvalue weighted by Gasteiger charge is -2.06. The quantitative estimate of drug-likeness (QED) is 0.767.